The Kier molecular flexibility index (Phi) is 3.41. The second kappa shape index (κ2) is 5.03. The van der Waals surface area contributed by atoms with E-state index in [1.54, 1.807) is 0 Å². The second-order valence-corrected chi connectivity index (χ2v) is 5.51. The van der Waals surface area contributed by atoms with Gasteiger partial charge in [-0.3, -0.25) is 9.80 Å². The molecule has 0 saturated carbocycles. The molecule has 0 radical (unpaired) electrons. The van der Waals surface area contributed by atoms with Gasteiger partial charge in [0.2, 0.25) is 0 Å². The van der Waals surface area contributed by atoms with Gasteiger partial charge in [0.15, 0.2) is 0 Å². The first-order valence-corrected chi connectivity index (χ1v) is 6.99. The summed E-state index contributed by atoms with van der Waals surface area (Å²) < 4.78 is 5.74. The molecule has 0 aliphatic carbocycles. The molecule has 0 aromatic carbocycles. The molecule has 3 heterocycles. The quantitative estimate of drug-likeness (QED) is 0.873. The molecule has 1 aromatic rings. The van der Waals surface area contributed by atoms with Gasteiger partial charge in [0, 0.05) is 45.3 Å². The van der Waals surface area contributed by atoms with Crippen LogP contribution < -0.4 is 5.32 Å². The molecule has 4 heteroatoms. The fourth-order valence-electron chi connectivity index (χ4n) is 2.88. The standard InChI is InChI=1S/C14H23N3O/c1-11-3-4-14(18-11)12(2)16-5-7-17(8-6-16)13-9-15-10-13/h3-4,12-13,15H,5-10H2,1-2H3. The highest BCUT2D eigenvalue weighted by Crippen LogP contribution is 2.24. The number of hydrogen-bond donors (Lipinski definition) is 1. The third-order valence-corrected chi connectivity index (χ3v) is 4.35. The SMILES string of the molecule is Cc1ccc(C(C)N2CCN(C3CNC3)CC2)o1. The summed E-state index contributed by atoms with van der Waals surface area (Å²) in [6, 6.07) is 5.36. The Labute approximate surface area is 109 Å². The molecule has 1 unspecified atom stereocenters. The lowest BCUT2D eigenvalue weighted by Gasteiger charge is -2.44. The first kappa shape index (κ1) is 12.2. The monoisotopic (exact) mass is 249 g/mol. The summed E-state index contributed by atoms with van der Waals surface area (Å²) in [4.78, 5) is 5.15. The molecule has 2 fully saturated rings. The minimum Gasteiger partial charge on any atom is -0.465 e. The zero-order chi connectivity index (χ0) is 12.5. The second-order valence-electron chi connectivity index (χ2n) is 5.51. The first-order valence-electron chi connectivity index (χ1n) is 6.99. The van der Waals surface area contributed by atoms with Crippen LogP contribution in [0.5, 0.6) is 0 Å². The number of nitrogens with one attached hydrogen (secondary N) is 1. The molecule has 3 rings (SSSR count). The van der Waals surface area contributed by atoms with Crippen molar-refractivity contribution in [1.82, 2.24) is 15.1 Å². The van der Waals surface area contributed by atoms with Crippen LogP contribution in [0.2, 0.25) is 0 Å². The Morgan fingerprint density at radius 2 is 1.94 bits per heavy atom. The minimum atomic E-state index is 0.403. The van der Waals surface area contributed by atoms with Gasteiger partial charge in [-0.2, -0.15) is 0 Å². The van der Waals surface area contributed by atoms with Crippen LogP contribution in [-0.4, -0.2) is 55.1 Å². The first-order chi connectivity index (χ1) is 8.74. The smallest absolute Gasteiger partial charge is 0.121 e. The van der Waals surface area contributed by atoms with Crippen LogP contribution in [0.4, 0.5) is 0 Å². The molecular formula is C14H23N3O. The van der Waals surface area contributed by atoms with Gasteiger partial charge in [-0.1, -0.05) is 0 Å². The molecular weight excluding hydrogens is 226 g/mol. The fourth-order valence-corrected chi connectivity index (χ4v) is 2.88. The van der Waals surface area contributed by atoms with Gasteiger partial charge in [-0.15, -0.1) is 0 Å². The van der Waals surface area contributed by atoms with Crippen molar-refractivity contribution in [2.24, 2.45) is 0 Å². The van der Waals surface area contributed by atoms with Crippen molar-refractivity contribution >= 4 is 0 Å². The topological polar surface area (TPSA) is 31.6 Å². The van der Waals surface area contributed by atoms with Crippen LogP contribution in [0, 0.1) is 6.92 Å². The average Bonchev–Trinajstić information content (AvgIpc) is 2.74. The number of nitrogens with zero attached hydrogens (tertiary/aromatic N) is 2. The van der Waals surface area contributed by atoms with Crippen LogP contribution in [0.15, 0.2) is 16.5 Å². The third kappa shape index (κ3) is 2.32. The number of aryl methyl sites for hydroxylation is 1. The van der Waals surface area contributed by atoms with E-state index in [4.69, 9.17) is 4.42 Å². The molecule has 1 N–H and O–H groups in total. The Morgan fingerprint density at radius 1 is 1.22 bits per heavy atom. The molecule has 0 spiro atoms. The maximum Gasteiger partial charge on any atom is 0.121 e. The van der Waals surface area contributed by atoms with Gasteiger partial charge in [0.05, 0.1) is 6.04 Å². The zero-order valence-corrected chi connectivity index (χ0v) is 11.4. The molecule has 0 bridgehead atoms. The summed E-state index contributed by atoms with van der Waals surface area (Å²) in [5, 5.41) is 3.35. The van der Waals surface area contributed by atoms with Crippen molar-refractivity contribution in [3.63, 3.8) is 0 Å². The summed E-state index contributed by atoms with van der Waals surface area (Å²) in [6.07, 6.45) is 0. The zero-order valence-electron chi connectivity index (χ0n) is 11.4. The Morgan fingerprint density at radius 3 is 2.44 bits per heavy atom. The summed E-state index contributed by atoms with van der Waals surface area (Å²) in [6.45, 7) is 11.3. The highest BCUT2D eigenvalue weighted by atomic mass is 16.3. The number of furan rings is 1. The van der Waals surface area contributed by atoms with E-state index in [0.717, 1.165) is 30.7 Å². The van der Waals surface area contributed by atoms with E-state index in [1.807, 2.05) is 6.92 Å². The molecule has 0 amide bonds. The maximum atomic E-state index is 5.74. The van der Waals surface area contributed by atoms with Gasteiger partial charge in [0.1, 0.15) is 11.5 Å². The van der Waals surface area contributed by atoms with Crippen molar-refractivity contribution in [2.45, 2.75) is 25.9 Å². The van der Waals surface area contributed by atoms with Crippen molar-refractivity contribution in [1.29, 1.82) is 0 Å². The van der Waals surface area contributed by atoms with Crippen LogP contribution in [-0.2, 0) is 0 Å². The summed E-state index contributed by atoms with van der Waals surface area (Å²) in [7, 11) is 0. The molecule has 2 aliphatic heterocycles. The molecule has 1 aromatic heterocycles. The summed E-state index contributed by atoms with van der Waals surface area (Å²) in [5.74, 6) is 2.11. The minimum absolute atomic E-state index is 0.403. The van der Waals surface area contributed by atoms with E-state index in [2.05, 4.69) is 34.2 Å². The fraction of sp³-hybridized carbons (Fsp3) is 0.714. The molecule has 2 aliphatic rings. The lowest BCUT2D eigenvalue weighted by Crippen LogP contribution is -2.61. The summed E-state index contributed by atoms with van der Waals surface area (Å²) >= 11 is 0. The predicted octanol–water partition coefficient (Wildman–Crippen LogP) is 1.24. The summed E-state index contributed by atoms with van der Waals surface area (Å²) in [5.41, 5.74) is 0. The van der Waals surface area contributed by atoms with Gasteiger partial charge >= 0.3 is 0 Å². The Hall–Kier alpha value is -0.840. The Bertz CT molecular complexity index is 391. The van der Waals surface area contributed by atoms with Gasteiger partial charge in [0.25, 0.3) is 0 Å². The molecule has 1 atom stereocenters. The van der Waals surface area contributed by atoms with Crippen LogP contribution in [0.25, 0.3) is 0 Å². The number of piperazine rings is 1. The van der Waals surface area contributed by atoms with Gasteiger partial charge < -0.3 is 9.73 Å². The molecule has 2 saturated heterocycles. The van der Waals surface area contributed by atoms with E-state index >= 15 is 0 Å². The molecule has 4 nitrogen and oxygen atoms in total. The van der Waals surface area contributed by atoms with Crippen LogP contribution in [0.1, 0.15) is 24.5 Å². The Balaban J connectivity index is 1.55. The normalized spacial score (nSPS) is 25.0. The van der Waals surface area contributed by atoms with Crippen molar-refractivity contribution in [3.8, 4) is 0 Å². The largest absolute Gasteiger partial charge is 0.465 e. The van der Waals surface area contributed by atoms with E-state index in [9.17, 15) is 0 Å². The third-order valence-electron chi connectivity index (χ3n) is 4.35. The van der Waals surface area contributed by atoms with Crippen LogP contribution >= 0.6 is 0 Å². The van der Waals surface area contributed by atoms with Crippen molar-refractivity contribution in [3.05, 3.63) is 23.7 Å². The number of hydrogen-bond acceptors (Lipinski definition) is 4. The number of rotatable bonds is 3. The van der Waals surface area contributed by atoms with Crippen molar-refractivity contribution in [2.75, 3.05) is 39.3 Å². The van der Waals surface area contributed by atoms with E-state index in [-0.39, 0.29) is 0 Å². The maximum absolute atomic E-state index is 5.74. The van der Waals surface area contributed by atoms with Crippen molar-refractivity contribution < 1.29 is 4.42 Å². The molecule has 100 valence electrons. The lowest BCUT2D eigenvalue weighted by atomic mass is 10.1. The van der Waals surface area contributed by atoms with Crippen LogP contribution in [0.3, 0.4) is 0 Å². The predicted molar refractivity (Wildman–Crippen MR) is 71.7 cm³/mol. The lowest BCUT2D eigenvalue weighted by molar-refractivity contribution is 0.0503. The van der Waals surface area contributed by atoms with Gasteiger partial charge in [-0.25, -0.2) is 0 Å². The highest BCUT2D eigenvalue weighted by Gasteiger charge is 2.29. The van der Waals surface area contributed by atoms with E-state index in [0.29, 0.717) is 6.04 Å². The van der Waals surface area contributed by atoms with Gasteiger partial charge in [-0.05, 0) is 26.0 Å². The van der Waals surface area contributed by atoms with E-state index in [1.165, 1.54) is 26.2 Å². The average molecular weight is 249 g/mol. The molecule has 18 heavy (non-hydrogen) atoms. The highest BCUT2D eigenvalue weighted by molar-refractivity contribution is 5.09. The van der Waals surface area contributed by atoms with E-state index < -0.39 is 0 Å².